The topological polar surface area (TPSA) is 58.4 Å². The summed E-state index contributed by atoms with van der Waals surface area (Å²) in [6.45, 7) is 6.44. The normalized spacial score (nSPS) is 17.1. The third-order valence-corrected chi connectivity index (χ3v) is 4.15. The van der Waals surface area contributed by atoms with Gasteiger partial charge in [-0.05, 0) is 50.0 Å². The van der Waals surface area contributed by atoms with Crippen LogP contribution in [0.15, 0.2) is 24.3 Å². The predicted molar refractivity (Wildman–Crippen MR) is 82.4 cm³/mol. The summed E-state index contributed by atoms with van der Waals surface area (Å²) >= 11 is 0. The number of carbonyl (C=O) groups excluding carboxylic acids is 1. The lowest BCUT2D eigenvalue weighted by Gasteiger charge is -2.31. The van der Waals surface area contributed by atoms with E-state index in [1.807, 2.05) is 24.3 Å². The van der Waals surface area contributed by atoms with Gasteiger partial charge >= 0.3 is 0 Å². The summed E-state index contributed by atoms with van der Waals surface area (Å²) in [7, 11) is 0. The molecule has 0 spiro atoms. The Kier molecular flexibility index (Phi) is 5.41. The third-order valence-electron chi connectivity index (χ3n) is 4.15. The van der Waals surface area contributed by atoms with Crippen molar-refractivity contribution in [1.29, 1.82) is 0 Å². The van der Waals surface area contributed by atoms with Crippen molar-refractivity contribution in [3.63, 3.8) is 0 Å². The number of nitrogens with one attached hydrogen (secondary N) is 1. The van der Waals surface area contributed by atoms with Crippen LogP contribution in [0.1, 0.15) is 25.3 Å². The van der Waals surface area contributed by atoms with Gasteiger partial charge in [0.25, 0.3) is 0 Å². The van der Waals surface area contributed by atoms with Gasteiger partial charge in [0.05, 0.1) is 6.42 Å². The number of nitrogens with two attached hydrogens (primary N) is 1. The molecule has 0 bridgehead atoms. The summed E-state index contributed by atoms with van der Waals surface area (Å²) in [5.74, 6) is 0.690. The van der Waals surface area contributed by atoms with Gasteiger partial charge in [-0.15, -0.1) is 0 Å². The van der Waals surface area contributed by atoms with E-state index in [2.05, 4.69) is 17.1 Å². The summed E-state index contributed by atoms with van der Waals surface area (Å²) in [6.07, 6.45) is 2.74. The molecular formula is C16H25N3O. The van der Waals surface area contributed by atoms with E-state index in [9.17, 15) is 4.79 Å². The fourth-order valence-corrected chi connectivity index (χ4v) is 2.70. The molecule has 0 radical (unpaired) electrons. The Morgan fingerprint density at radius 2 is 2.05 bits per heavy atom. The van der Waals surface area contributed by atoms with Crippen molar-refractivity contribution in [3.05, 3.63) is 29.8 Å². The second kappa shape index (κ2) is 7.29. The van der Waals surface area contributed by atoms with Gasteiger partial charge < -0.3 is 16.0 Å². The maximum atomic E-state index is 12.0. The Morgan fingerprint density at radius 1 is 1.35 bits per heavy atom. The summed E-state index contributed by atoms with van der Waals surface area (Å²) in [5.41, 5.74) is 7.45. The fourth-order valence-electron chi connectivity index (χ4n) is 2.70. The van der Waals surface area contributed by atoms with Gasteiger partial charge in [0.15, 0.2) is 0 Å². The van der Waals surface area contributed by atoms with Gasteiger partial charge in [0.1, 0.15) is 0 Å². The standard InChI is InChI=1S/C16H25N3O/c1-2-19-9-7-13(8-10-19)12-18-16(20)11-14-5-3-4-6-15(14)17/h3-6,13H,2,7-12,17H2,1H3,(H,18,20). The number of amides is 1. The lowest BCUT2D eigenvalue weighted by molar-refractivity contribution is -0.120. The Hall–Kier alpha value is -1.55. The maximum Gasteiger partial charge on any atom is 0.224 e. The van der Waals surface area contributed by atoms with Crippen molar-refractivity contribution in [3.8, 4) is 0 Å². The molecule has 1 fully saturated rings. The molecule has 1 aliphatic heterocycles. The Labute approximate surface area is 121 Å². The number of anilines is 1. The van der Waals surface area contributed by atoms with Crippen molar-refractivity contribution >= 4 is 11.6 Å². The van der Waals surface area contributed by atoms with Crippen molar-refractivity contribution in [2.45, 2.75) is 26.2 Å². The van der Waals surface area contributed by atoms with E-state index < -0.39 is 0 Å². The van der Waals surface area contributed by atoms with Crippen LogP contribution in [-0.2, 0) is 11.2 Å². The van der Waals surface area contributed by atoms with E-state index in [1.54, 1.807) is 0 Å². The van der Waals surface area contributed by atoms with Crippen molar-refractivity contribution in [1.82, 2.24) is 10.2 Å². The minimum atomic E-state index is 0.0702. The SMILES string of the molecule is CCN1CCC(CNC(=O)Cc2ccccc2N)CC1. The molecule has 0 atom stereocenters. The van der Waals surface area contributed by atoms with Crippen LogP contribution in [0.4, 0.5) is 5.69 Å². The molecule has 3 N–H and O–H groups in total. The summed E-state index contributed by atoms with van der Waals surface area (Å²) in [5, 5.41) is 3.05. The molecule has 1 amide bonds. The number of para-hydroxylation sites is 1. The molecule has 1 saturated heterocycles. The van der Waals surface area contributed by atoms with Gasteiger partial charge in [-0.3, -0.25) is 4.79 Å². The highest BCUT2D eigenvalue weighted by atomic mass is 16.1. The average Bonchev–Trinajstić information content (AvgIpc) is 2.48. The molecular weight excluding hydrogens is 250 g/mol. The summed E-state index contributed by atoms with van der Waals surface area (Å²) in [4.78, 5) is 14.4. The lowest BCUT2D eigenvalue weighted by atomic mass is 9.96. The number of hydrogen-bond donors (Lipinski definition) is 2. The van der Waals surface area contributed by atoms with E-state index in [-0.39, 0.29) is 5.91 Å². The molecule has 2 rings (SSSR count). The first kappa shape index (κ1) is 14.9. The second-order valence-electron chi connectivity index (χ2n) is 5.56. The van der Waals surface area contributed by atoms with Gasteiger partial charge in [0.2, 0.25) is 5.91 Å². The summed E-state index contributed by atoms with van der Waals surface area (Å²) < 4.78 is 0. The minimum absolute atomic E-state index is 0.0702. The molecule has 110 valence electrons. The average molecular weight is 275 g/mol. The lowest BCUT2D eigenvalue weighted by Crippen LogP contribution is -2.38. The molecule has 4 heteroatoms. The Balaban J connectivity index is 1.72. The van der Waals surface area contributed by atoms with Crippen LogP contribution in [0.2, 0.25) is 0 Å². The van der Waals surface area contributed by atoms with Crippen molar-refractivity contribution < 1.29 is 4.79 Å². The van der Waals surface area contributed by atoms with Crippen LogP contribution in [-0.4, -0.2) is 37.0 Å². The van der Waals surface area contributed by atoms with E-state index >= 15 is 0 Å². The van der Waals surface area contributed by atoms with Gasteiger partial charge in [-0.2, -0.15) is 0 Å². The molecule has 4 nitrogen and oxygen atoms in total. The maximum absolute atomic E-state index is 12.0. The van der Waals surface area contributed by atoms with Crippen LogP contribution in [0.25, 0.3) is 0 Å². The quantitative estimate of drug-likeness (QED) is 0.804. The fraction of sp³-hybridized carbons (Fsp3) is 0.562. The van der Waals surface area contributed by atoms with Crippen molar-refractivity contribution in [2.75, 3.05) is 31.9 Å². The van der Waals surface area contributed by atoms with Crippen LogP contribution >= 0.6 is 0 Å². The molecule has 0 unspecified atom stereocenters. The molecule has 0 saturated carbocycles. The van der Waals surface area contributed by atoms with Crippen molar-refractivity contribution in [2.24, 2.45) is 5.92 Å². The van der Waals surface area contributed by atoms with E-state index in [4.69, 9.17) is 5.73 Å². The summed E-state index contributed by atoms with van der Waals surface area (Å²) in [6, 6.07) is 7.55. The molecule has 0 aromatic heterocycles. The zero-order valence-corrected chi connectivity index (χ0v) is 12.3. The monoisotopic (exact) mass is 275 g/mol. The van der Waals surface area contributed by atoms with Crippen LogP contribution < -0.4 is 11.1 Å². The zero-order valence-electron chi connectivity index (χ0n) is 12.3. The zero-order chi connectivity index (χ0) is 14.4. The molecule has 0 aliphatic carbocycles. The van der Waals surface area contributed by atoms with Crippen LogP contribution in [0.5, 0.6) is 0 Å². The largest absolute Gasteiger partial charge is 0.398 e. The first-order valence-electron chi connectivity index (χ1n) is 7.51. The number of carbonyl (C=O) groups is 1. The number of hydrogen-bond acceptors (Lipinski definition) is 3. The van der Waals surface area contributed by atoms with Crippen LogP contribution in [0.3, 0.4) is 0 Å². The van der Waals surface area contributed by atoms with E-state index in [0.29, 0.717) is 18.0 Å². The highest BCUT2D eigenvalue weighted by Gasteiger charge is 2.18. The third kappa shape index (κ3) is 4.23. The second-order valence-corrected chi connectivity index (χ2v) is 5.56. The molecule has 1 aliphatic rings. The number of benzene rings is 1. The van der Waals surface area contributed by atoms with Crippen LogP contribution in [0, 0.1) is 5.92 Å². The number of likely N-dealkylation sites (tertiary alicyclic amines) is 1. The number of nitrogens with zero attached hydrogens (tertiary/aromatic N) is 1. The van der Waals surface area contributed by atoms with Gasteiger partial charge in [0, 0.05) is 12.2 Å². The number of piperidine rings is 1. The van der Waals surface area contributed by atoms with Gasteiger partial charge in [-0.1, -0.05) is 25.1 Å². The Morgan fingerprint density at radius 3 is 2.70 bits per heavy atom. The van der Waals surface area contributed by atoms with E-state index in [1.165, 1.54) is 12.8 Å². The minimum Gasteiger partial charge on any atom is -0.398 e. The molecule has 1 aromatic carbocycles. The Bertz CT molecular complexity index is 439. The smallest absolute Gasteiger partial charge is 0.224 e. The van der Waals surface area contributed by atoms with Gasteiger partial charge in [-0.25, -0.2) is 0 Å². The first-order valence-corrected chi connectivity index (χ1v) is 7.51. The number of nitrogen functional groups attached to an aromatic ring is 1. The molecule has 20 heavy (non-hydrogen) atoms. The molecule has 1 aromatic rings. The van der Waals surface area contributed by atoms with E-state index in [0.717, 1.165) is 31.7 Å². The highest BCUT2D eigenvalue weighted by Crippen LogP contribution is 2.16. The predicted octanol–water partition coefficient (Wildman–Crippen LogP) is 1.66. The molecule has 1 heterocycles. The highest BCUT2D eigenvalue weighted by molar-refractivity contribution is 5.80. The first-order chi connectivity index (χ1) is 9.69. The number of rotatable bonds is 5.